The van der Waals surface area contributed by atoms with E-state index in [0.29, 0.717) is 12.2 Å². The molecule has 20 heavy (non-hydrogen) atoms. The van der Waals surface area contributed by atoms with Crippen molar-refractivity contribution in [3.8, 4) is 5.75 Å². The summed E-state index contributed by atoms with van der Waals surface area (Å²) in [6.07, 6.45) is -4.70. The van der Waals surface area contributed by atoms with Crippen molar-refractivity contribution in [1.29, 1.82) is 0 Å². The van der Waals surface area contributed by atoms with Gasteiger partial charge >= 0.3 is 6.36 Å². The Morgan fingerprint density at radius 3 is 2.45 bits per heavy atom. The van der Waals surface area contributed by atoms with Crippen LogP contribution in [0.2, 0.25) is 0 Å². The normalized spacial score (nSPS) is 11.4. The van der Waals surface area contributed by atoms with Gasteiger partial charge in [0.1, 0.15) is 5.75 Å². The molecule has 0 amide bonds. The van der Waals surface area contributed by atoms with E-state index in [-0.39, 0.29) is 10.2 Å². The van der Waals surface area contributed by atoms with Gasteiger partial charge < -0.3 is 10.1 Å². The fourth-order valence-electron chi connectivity index (χ4n) is 1.45. The second-order valence-corrected chi connectivity index (χ2v) is 6.45. The maximum Gasteiger partial charge on any atom is 0.573 e. The summed E-state index contributed by atoms with van der Waals surface area (Å²) in [5, 5.41) is 5.09. The van der Waals surface area contributed by atoms with Gasteiger partial charge in [0.25, 0.3) is 0 Å². The monoisotopic (exact) mass is 429 g/mol. The van der Waals surface area contributed by atoms with Crippen molar-refractivity contribution < 1.29 is 17.9 Å². The van der Waals surface area contributed by atoms with Crippen LogP contribution in [0.5, 0.6) is 5.75 Å². The van der Waals surface area contributed by atoms with Gasteiger partial charge in [0.05, 0.1) is 11.0 Å². The van der Waals surface area contributed by atoms with E-state index in [4.69, 9.17) is 0 Å². The summed E-state index contributed by atoms with van der Waals surface area (Å²) in [4.78, 5) is 1.11. The molecule has 1 aromatic heterocycles. The van der Waals surface area contributed by atoms with E-state index in [1.165, 1.54) is 12.1 Å². The minimum atomic E-state index is -4.70. The van der Waals surface area contributed by atoms with E-state index in [1.54, 1.807) is 17.4 Å². The van der Waals surface area contributed by atoms with Gasteiger partial charge in [-0.05, 0) is 61.5 Å². The Bertz CT molecular complexity index is 601. The van der Waals surface area contributed by atoms with Crippen LogP contribution in [0, 0.1) is 0 Å². The van der Waals surface area contributed by atoms with E-state index in [1.807, 2.05) is 11.4 Å². The van der Waals surface area contributed by atoms with Gasteiger partial charge in [0.2, 0.25) is 0 Å². The zero-order chi connectivity index (χ0) is 14.8. The maximum atomic E-state index is 12.1. The molecule has 0 bridgehead atoms. The average Bonchev–Trinajstić information content (AvgIpc) is 2.74. The smallest absolute Gasteiger partial charge is 0.405 e. The molecule has 8 heteroatoms. The van der Waals surface area contributed by atoms with Crippen LogP contribution in [0.3, 0.4) is 0 Å². The molecule has 1 heterocycles. The quantitative estimate of drug-likeness (QED) is 0.663. The summed E-state index contributed by atoms with van der Waals surface area (Å²) in [7, 11) is 0. The van der Waals surface area contributed by atoms with Crippen molar-refractivity contribution in [1.82, 2.24) is 0 Å². The SMILES string of the molecule is FC(F)(F)Oc1ccc(NCc2sccc2Br)cc1Br. The largest absolute Gasteiger partial charge is 0.573 e. The first-order valence-corrected chi connectivity index (χ1v) is 7.83. The summed E-state index contributed by atoms with van der Waals surface area (Å²) in [6.45, 7) is 0.587. The molecule has 0 unspecified atom stereocenters. The predicted octanol–water partition coefficient (Wildman–Crippen LogP) is 5.78. The highest BCUT2D eigenvalue weighted by Gasteiger charge is 2.31. The first-order chi connectivity index (χ1) is 9.35. The number of anilines is 1. The van der Waals surface area contributed by atoms with Gasteiger partial charge in [0, 0.05) is 15.0 Å². The van der Waals surface area contributed by atoms with E-state index in [0.717, 1.165) is 9.35 Å². The number of benzene rings is 1. The van der Waals surface area contributed by atoms with E-state index >= 15 is 0 Å². The summed E-state index contributed by atoms with van der Waals surface area (Å²) in [5.41, 5.74) is 0.701. The van der Waals surface area contributed by atoms with Gasteiger partial charge in [-0.3, -0.25) is 0 Å². The molecule has 1 aromatic carbocycles. The lowest BCUT2D eigenvalue weighted by Gasteiger charge is -2.12. The first kappa shape index (κ1) is 15.7. The van der Waals surface area contributed by atoms with Crippen LogP contribution in [0.15, 0.2) is 38.6 Å². The van der Waals surface area contributed by atoms with Crippen LogP contribution >= 0.6 is 43.2 Å². The van der Waals surface area contributed by atoms with Gasteiger partial charge in [-0.15, -0.1) is 24.5 Å². The van der Waals surface area contributed by atoms with Crippen LogP contribution in [-0.4, -0.2) is 6.36 Å². The number of rotatable bonds is 4. The molecule has 108 valence electrons. The molecule has 2 rings (SSSR count). The van der Waals surface area contributed by atoms with Crippen LogP contribution < -0.4 is 10.1 Å². The second-order valence-electron chi connectivity index (χ2n) is 3.74. The van der Waals surface area contributed by atoms with Crippen LogP contribution in [0.25, 0.3) is 0 Å². The number of hydrogen-bond acceptors (Lipinski definition) is 3. The highest BCUT2D eigenvalue weighted by atomic mass is 79.9. The molecule has 0 fully saturated rings. The van der Waals surface area contributed by atoms with E-state index in [2.05, 4.69) is 41.9 Å². The molecule has 2 nitrogen and oxygen atoms in total. The number of halogens is 5. The third kappa shape index (κ3) is 4.39. The van der Waals surface area contributed by atoms with Crippen molar-refractivity contribution in [2.45, 2.75) is 12.9 Å². The average molecular weight is 431 g/mol. The number of ether oxygens (including phenoxy) is 1. The van der Waals surface area contributed by atoms with E-state index in [9.17, 15) is 13.2 Å². The Labute approximate surface area is 134 Å². The molecule has 0 aliphatic heterocycles. The Morgan fingerprint density at radius 1 is 1.15 bits per heavy atom. The molecule has 0 atom stereocenters. The molecular weight excluding hydrogens is 423 g/mol. The third-order valence-corrected chi connectivity index (χ3v) is 4.85. The lowest BCUT2D eigenvalue weighted by atomic mass is 10.3. The van der Waals surface area contributed by atoms with Gasteiger partial charge in [-0.25, -0.2) is 0 Å². The molecule has 0 radical (unpaired) electrons. The second kappa shape index (κ2) is 6.36. The van der Waals surface area contributed by atoms with Crippen LogP contribution in [-0.2, 0) is 6.54 Å². The van der Waals surface area contributed by atoms with Crippen molar-refractivity contribution in [3.63, 3.8) is 0 Å². The topological polar surface area (TPSA) is 21.3 Å². The molecule has 2 aromatic rings. The Morgan fingerprint density at radius 2 is 1.90 bits per heavy atom. The lowest BCUT2D eigenvalue weighted by molar-refractivity contribution is -0.274. The standard InChI is InChI=1S/C12H8Br2F3NOS/c13-8-3-4-20-11(8)6-18-7-1-2-10(9(14)5-7)19-12(15,16)17/h1-5,18H,6H2. The third-order valence-electron chi connectivity index (χ3n) is 2.30. The van der Waals surface area contributed by atoms with Gasteiger partial charge in [-0.1, -0.05) is 0 Å². The Hall–Kier alpha value is -0.730. The first-order valence-electron chi connectivity index (χ1n) is 5.36. The summed E-state index contributed by atoms with van der Waals surface area (Å²) in [6, 6.07) is 6.29. The van der Waals surface area contributed by atoms with Crippen LogP contribution in [0.4, 0.5) is 18.9 Å². The molecular formula is C12H8Br2F3NOS. The zero-order valence-corrected chi connectivity index (χ0v) is 13.8. The van der Waals surface area contributed by atoms with Crippen molar-refractivity contribution >= 4 is 48.9 Å². The van der Waals surface area contributed by atoms with Crippen LogP contribution in [0.1, 0.15) is 4.88 Å². The van der Waals surface area contributed by atoms with Gasteiger partial charge in [-0.2, -0.15) is 0 Å². The van der Waals surface area contributed by atoms with Crippen molar-refractivity contribution in [2.24, 2.45) is 0 Å². The Kier molecular flexibility index (Phi) is 4.98. The number of nitrogens with one attached hydrogen (secondary N) is 1. The Balaban J connectivity index is 2.04. The number of alkyl halides is 3. The highest BCUT2D eigenvalue weighted by Crippen LogP contribution is 2.33. The summed E-state index contributed by atoms with van der Waals surface area (Å²) < 4.78 is 41.5. The molecule has 0 spiro atoms. The van der Waals surface area contributed by atoms with E-state index < -0.39 is 6.36 Å². The summed E-state index contributed by atoms with van der Waals surface area (Å²) in [5.74, 6) is -0.264. The zero-order valence-electron chi connectivity index (χ0n) is 9.80. The maximum absolute atomic E-state index is 12.1. The minimum absolute atomic E-state index is 0.241. The van der Waals surface area contributed by atoms with Crippen molar-refractivity contribution in [3.05, 3.63) is 43.5 Å². The molecule has 0 aliphatic rings. The fourth-order valence-corrected chi connectivity index (χ4v) is 3.34. The number of thiophene rings is 1. The fraction of sp³-hybridized carbons (Fsp3) is 0.167. The van der Waals surface area contributed by atoms with Crippen molar-refractivity contribution in [2.75, 3.05) is 5.32 Å². The highest BCUT2D eigenvalue weighted by molar-refractivity contribution is 9.10. The molecule has 1 N–H and O–H groups in total. The molecule has 0 saturated carbocycles. The number of hydrogen-bond donors (Lipinski definition) is 1. The van der Waals surface area contributed by atoms with Gasteiger partial charge in [0.15, 0.2) is 0 Å². The molecule has 0 saturated heterocycles. The minimum Gasteiger partial charge on any atom is -0.405 e. The summed E-state index contributed by atoms with van der Waals surface area (Å²) >= 11 is 8.07. The lowest BCUT2D eigenvalue weighted by Crippen LogP contribution is -2.17. The predicted molar refractivity (Wildman–Crippen MR) is 80.2 cm³/mol. The molecule has 0 aliphatic carbocycles.